The summed E-state index contributed by atoms with van der Waals surface area (Å²) in [6, 6.07) is 11.6. The lowest BCUT2D eigenvalue weighted by Crippen LogP contribution is -2.28. The number of amides is 2. The summed E-state index contributed by atoms with van der Waals surface area (Å²) < 4.78 is 0. The van der Waals surface area contributed by atoms with Gasteiger partial charge in [-0.1, -0.05) is 58.3 Å². The van der Waals surface area contributed by atoms with Gasteiger partial charge in [-0.3, -0.25) is 9.59 Å². The van der Waals surface area contributed by atoms with E-state index in [2.05, 4.69) is 31.2 Å². The number of anilines is 2. The quantitative estimate of drug-likeness (QED) is 0.227. The Labute approximate surface area is 209 Å². The van der Waals surface area contributed by atoms with E-state index >= 15 is 0 Å². The fourth-order valence-corrected chi connectivity index (χ4v) is 6.50. The first-order valence-electron chi connectivity index (χ1n) is 11.8. The second kappa shape index (κ2) is 14.7. The first-order valence-corrected chi connectivity index (χ1v) is 14.2. The summed E-state index contributed by atoms with van der Waals surface area (Å²) in [7, 11) is 3.97. The van der Waals surface area contributed by atoms with Crippen molar-refractivity contribution in [3.63, 3.8) is 0 Å². The van der Waals surface area contributed by atoms with E-state index < -0.39 is 0 Å². The van der Waals surface area contributed by atoms with Gasteiger partial charge in [-0.05, 0) is 19.3 Å². The maximum Gasteiger partial charge on any atom is 0.220 e. The smallest absolute Gasteiger partial charge is 0.220 e. The molecule has 1 aromatic carbocycles. The Morgan fingerprint density at radius 3 is 2.32 bits per heavy atom. The van der Waals surface area contributed by atoms with Crippen molar-refractivity contribution in [2.45, 2.75) is 44.3 Å². The molecule has 0 saturated carbocycles. The number of rotatable bonds is 14. The van der Waals surface area contributed by atoms with E-state index in [1.165, 1.54) is 25.5 Å². The van der Waals surface area contributed by atoms with Gasteiger partial charge in [0.05, 0.1) is 0 Å². The molecule has 1 saturated heterocycles. The molecule has 0 bridgehead atoms. The van der Waals surface area contributed by atoms with Crippen molar-refractivity contribution >= 4 is 45.0 Å². The molecule has 0 spiro atoms. The number of nitrogens with one attached hydrogen (secondary N) is 4. The third-order valence-corrected chi connectivity index (χ3v) is 8.23. The largest absolute Gasteiger partial charge is 0.368 e. The molecule has 0 radical (unpaired) electrons. The summed E-state index contributed by atoms with van der Waals surface area (Å²) in [5.41, 5.74) is 0.916. The maximum atomic E-state index is 12.1. The number of hydrogen-bond donors (Lipinski definition) is 4. The van der Waals surface area contributed by atoms with Gasteiger partial charge in [-0.25, -0.2) is 9.97 Å². The van der Waals surface area contributed by atoms with Gasteiger partial charge in [0.15, 0.2) is 5.82 Å². The van der Waals surface area contributed by atoms with E-state index in [1.54, 1.807) is 0 Å². The second-order valence-corrected chi connectivity index (χ2v) is 10.9. The molecule has 2 heterocycles. The zero-order valence-electron chi connectivity index (χ0n) is 19.6. The maximum absolute atomic E-state index is 12.1. The molecule has 1 aliphatic rings. The molecule has 34 heavy (non-hydrogen) atoms. The van der Waals surface area contributed by atoms with E-state index in [0.717, 1.165) is 23.7 Å². The lowest BCUT2D eigenvalue weighted by Gasteiger charge is -2.12. The van der Waals surface area contributed by atoms with Crippen LogP contribution >= 0.6 is 21.6 Å². The van der Waals surface area contributed by atoms with E-state index in [0.29, 0.717) is 50.1 Å². The molecule has 1 fully saturated rings. The van der Waals surface area contributed by atoms with Gasteiger partial charge >= 0.3 is 0 Å². The monoisotopic (exact) mass is 502 g/mol. The fourth-order valence-electron chi connectivity index (χ4n) is 3.48. The normalized spacial score (nSPS) is 15.0. The van der Waals surface area contributed by atoms with Gasteiger partial charge in [0.2, 0.25) is 11.8 Å². The summed E-state index contributed by atoms with van der Waals surface area (Å²) in [6.45, 7) is 3.65. The van der Waals surface area contributed by atoms with Crippen LogP contribution < -0.4 is 21.3 Å². The first-order chi connectivity index (χ1) is 16.6. The standard InChI is InChI=1S/C24H34N6O2S2/c1-18(31)25-12-13-26-21-17-22(30-24(29-21)19-7-3-2-4-8-19)27-14-15-28-23(32)10-6-5-9-20-11-16-33-34-20/h2-4,7-8,17,20H,5-6,9-16H2,1H3,(H,25,31)(H,28,32)(H2,26,27,29,30). The molecule has 3 rings (SSSR count). The van der Waals surface area contributed by atoms with Crippen LogP contribution in [0.3, 0.4) is 0 Å². The zero-order chi connectivity index (χ0) is 24.0. The molecule has 184 valence electrons. The molecular weight excluding hydrogens is 468 g/mol. The van der Waals surface area contributed by atoms with Gasteiger partial charge in [-0.2, -0.15) is 0 Å². The number of carbonyl (C=O) groups excluding carboxylic acids is 2. The molecule has 10 heteroatoms. The van der Waals surface area contributed by atoms with Crippen LogP contribution in [-0.4, -0.2) is 59.0 Å². The highest BCUT2D eigenvalue weighted by molar-refractivity contribution is 8.77. The number of aromatic nitrogens is 2. The van der Waals surface area contributed by atoms with E-state index in [-0.39, 0.29) is 11.8 Å². The molecule has 1 atom stereocenters. The highest BCUT2D eigenvalue weighted by Crippen LogP contribution is 2.39. The molecular formula is C24H34N6O2S2. The van der Waals surface area contributed by atoms with Crippen LogP contribution in [0.2, 0.25) is 0 Å². The minimum atomic E-state index is -0.0641. The summed E-state index contributed by atoms with van der Waals surface area (Å²) in [5.74, 6) is 3.25. The van der Waals surface area contributed by atoms with Gasteiger partial charge in [-0.15, -0.1) is 0 Å². The highest BCUT2D eigenvalue weighted by Gasteiger charge is 2.15. The molecule has 8 nitrogen and oxygen atoms in total. The van der Waals surface area contributed by atoms with Crippen LogP contribution in [0.5, 0.6) is 0 Å². The van der Waals surface area contributed by atoms with Crippen LogP contribution in [0.1, 0.15) is 39.0 Å². The van der Waals surface area contributed by atoms with Crippen molar-refractivity contribution < 1.29 is 9.59 Å². The Hall–Kier alpha value is -2.46. The number of benzene rings is 1. The minimum absolute atomic E-state index is 0.0641. The third kappa shape index (κ3) is 9.80. The van der Waals surface area contributed by atoms with Crippen LogP contribution in [-0.2, 0) is 9.59 Å². The summed E-state index contributed by atoms with van der Waals surface area (Å²) in [6.07, 6.45) is 5.16. The number of carbonyl (C=O) groups is 2. The average Bonchev–Trinajstić information content (AvgIpc) is 3.36. The summed E-state index contributed by atoms with van der Waals surface area (Å²) in [4.78, 5) is 32.4. The number of nitrogens with zero attached hydrogens (tertiary/aromatic N) is 2. The van der Waals surface area contributed by atoms with Crippen LogP contribution in [0, 0.1) is 0 Å². The van der Waals surface area contributed by atoms with Crippen LogP contribution in [0.15, 0.2) is 36.4 Å². The molecule has 1 aromatic heterocycles. The predicted molar refractivity (Wildman–Crippen MR) is 143 cm³/mol. The lowest BCUT2D eigenvalue weighted by molar-refractivity contribution is -0.121. The fraction of sp³-hybridized carbons (Fsp3) is 0.500. The summed E-state index contributed by atoms with van der Waals surface area (Å²) in [5, 5.41) is 13.0. The van der Waals surface area contributed by atoms with Gasteiger partial charge in [0, 0.05) is 62.2 Å². The second-order valence-electron chi connectivity index (χ2n) is 8.09. The Balaban J connectivity index is 1.44. The van der Waals surface area contributed by atoms with Gasteiger partial charge in [0.25, 0.3) is 0 Å². The van der Waals surface area contributed by atoms with Gasteiger partial charge < -0.3 is 21.3 Å². The molecule has 1 unspecified atom stereocenters. The van der Waals surface area contributed by atoms with Crippen molar-refractivity contribution in [3.8, 4) is 11.4 Å². The average molecular weight is 503 g/mol. The Bertz CT molecular complexity index is 910. The topological polar surface area (TPSA) is 108 Å². The van der Waals surface area contributed by atoms with Gasteiger partial charge in [0.1, 0.15) is 11.6 Å². The number of unbranched alkanes of at least 4 members (excludes halogenated alkanes) is 1. The van der Waals surface area contributed by atoms with Crippen LogP contribution in [0.4, 0.5) is 11.6 Å². The molecule has 4 N–H and O–H groups in total. The Kier molecular flexibility index (Phi) is 11.3. The lowest BCUT2D eigenvalue weighted by atomic mass is 10.1. The van der Waals surface area contributed by atoms with Crippen molar-refractivity contribution in [2.75, 3.05) is 42.6 Å². The molecule has 0 aliphatic carbocycles. The Morgan fingerprint density at radius 1 is 0.971 bits per heavy atom. The van der Waals surface area contributed by atoms with Crippen LogP contribution in [0.25, 0.3) is 11.4 Å². The van der Waals surface area contributed by atoms with Crippen molar-refractivity contribution in [2.24, 2.45) is 0 Å². The van der Waals surface area contributed by atoms with E-state index in [9.17, 15) is 9.59 Å². The summed E-state index contributed by atoms with van der Waals surface area (Å²) >= 11 is 0. The molecule has 1 aliphatic heterocycles. The predicted octanol–water partition coefficient (Wildman–Crippen LogP) is 3.93. The van der Waals surface area contributed by atoms with Crippen molar-refractivity contribution in [1.29, 1.82) is 0 Å². The number of hydrogen-bond acceptors (Lipinski definition) is 8. The highest BCUT2D eigenvalue weighted by atomic mass is 33.1. The van der Waals surface area contributed by atoms with Crippen molar-refractivity contribution in [3.05, 3.63) is 36.4 Å². The minimum Gasteiger partial charge on any atom is -0.368 e. The zero-order valence-corrected chi connectivity index (χ0v) is 21.3. The Morgan fingerprint density at radius 2 is 1.68 bits per heavy atom. The first kappa shape index (κ1) is 26.2. The molecule has 2 aromatic rings. The van der Waals surface area contributed by atoms with E-state index in [4.69, 9.17) is 0 Å². The van der Waals surface area contributed by atoms with E-state index in [1.807, 2.05) is 58.0 Å². The third-order valence-electron chi connectivity index (χ3n) is 5.22. The SMILES string of the molecule is CC(=O)NCCNc1cc(NCCNC(=O)CCCCC2CCSS2)nc(-c2ccccc2)n1. The van der Waals surface area contributed by atoms with Crippen molar-refractivity contribution in [1.82, 2.24) is 20.6 Å². The molecule has 2 amide bonds.